The Morgan fingerprint density at radius 1 is 1.43 bits per heavy atom. The first-order chi connectivity index (χ1) is 10.1. The Bertz CT molecular complexity index is 500. The van der Waals surface area contributed by atoms with E-state index in [4.69, 9.17) is 16.3 Å². The summed E-state index contributed by atoms with van der Waals surface area (Å²) in [4.78, 5) is 12.4. The van der Waals surface area contributed by atoms with Crippen molar-refractivity contribution in [2.45, 2.75) is 25.5 Å². The molecule has 0 bridgehead atoms. The molecule has 21 heavy (non-hydrogen) atoms. The fraction of sp³-hybridized carbons (Fsp3) is 0.562. The van der Waals surface area contributed by atoms with Crippen molar-refractivity contribution in [3.8, 4) is 0 Å². The van der Waals surface area contributed by atoms with Gasteiger partial charge in [-0.15, -0.1) is 0 Å². The van der Waals surface area contributed by atoms with Crippen LogP contribution in [0.2, 0.25) is 5.02 Å². The van der Waals surface area contributed by atoms with Crippen LogP contribution in [-0.4, -0.2) is 31.7 Å². The Balaban J connectivity index is 1.70. The quantitative estimate of drug-likeness (QED) is 0.896. The molecule has 4 atom stereocenters. The van der Waals surface area contributed by atoms with Crippen molar-refractivity contribution in [3.05, 3.63) is 34.9 Å². The molecule has 3 rings (SSSR count). The number of morpholine rings is 1. The number of ether oxygens (including phenoxy) is 1. The Morgan fingerprint density at radius 2 is 2.14 bits per heavy atom. The minimum atomic E-state index is -0.386. The zero-order valence-corrected chi connectivity index (χ0v) is 12.9. The van der Waals surface area contributed by atoms with Gasteiger partial charge in [0.25, 0.3) is 5.91 Å². The number of rotatable bonds is 4. The molecule has 0 unspecified atom stereocenters. The fourth-order valence-electron chi connectivity index (χ4n) is 2.90. The van der Waals surface area contributed by atoms with E-state index in [1.165, 1.54) is 0 Å². The maximum absolute atomic E-state index is 12.4. The summed E-state index contributed by atoms with van der Waals surface area (Å²) in [7, 11) is 0. The molecule has 2 fully saturated rings. The molecule has 114 valence electrons. The summed E-state index contributed by atoms with van der Waals surface area (Å²) in [5, 5.41) is 7.07. The number of amides is 1. The molecule has 0 aromatic heterocycles. The third-order valence-corrected chi connectivity index (χ3v) is 4.60. The van der Waals surface area contributed by atoms with Crippen LogP contribution in [0.1, 0.15) is 24.9 Å². The lowest BCUT2D eigenvalue weighted by Crippen LogP contribution is -2.48. The Hall–Kier alpha value is -1.10. The third kappa shape index (κ3) is 3.57. The zero-order valence-electron chi connectivity index (χ0n) is 12.1. The van der Waals surface area contributed by atoms with E-state index in [1.807, 2.05) is 24.3 Å². The number of carbonyl (C=O) groups is 1. The highest BCUT2D eigenvalue weighted by atomic mass is 35.5. The molecule has 1 saturated heterocycles. The third-order valence-electron chi connectivity index (χ3n) is 4.35. The van der Waals surface area contributed by atoms with Crippen molar-refractivity contribution in [1.82, 2.24) is 10.6 Å². The van der Waals surface area contributed by atoms with Crippen LogP contribution in [0.15, 0.2) is 24.3 Å². The Kier molecular flexibility index (Phi) is 4.48. The second kappa shape index (κ2) is 6.34. The van der Waals surface area contributed by atoms with Crippen molar-refractivity contribution in [1.29, 1.82) is 0 Å². The van der Waals surface area contributed by atoms with Crippen LogP contribution in [0.25, 0.3) is 0 Å². The minimum Gasteiger partial charge on any atom is -0.366 e. The van der Waals surface area contributed by atoms with Gasteiger partial charge >= 0.3 is 0 Å². The van der Waals surface area contributed by atoms with Crippen LogP contribution >= 0.6 is 11.6 Å². The highest BCUT2D eigenvalue weighted by Gasteiger charge is 2.41. The first-order valence-electron chi connectivity index (χ1n) is 7.53. The lowest BCUT2D eigenvalue weighted by molar-refractivity contribution is -0.135. The number of hydrogen-bond acceptors (Lipinski definition) is 3. The molecule has 1 amide bonds. The van der Waals surface area contributed by atoms with Crippen molar-refractivity contribution in [2.75, 3.05) is 19.7 Å². The highest BCUT2D eigenvalue weighted by molar-refractivity contribution is 6.30. The van der Waals surface area contributed by atoms with Gasteiger partial charge in [0.05, 0.1) is 12.6 Å². The molecule has 1 aliphatic carbocycles. The summed E-state index contributed by atoms with van der Waals surface area (Å²) < 4.78 is 5.53. The first kappa shape index (κ1) is 14.8. The van der Waals surface area contributed by atoms with E-state index in [0.717, 1.165) is 18.5 Å². The Morgan fingerprint density at radius 3 is 2.71 bits per heavy atom. The maximum atomic E-state index is 12.4. The van der Waals surface area contributed by atoms with Gasteiger partial charge in [-0.25, -0.2) is 0 Å². The lowest BCUT2D eigenvalue weighted by Gasteiger charge is -2.26. The van der Waals surface area contributed by atoms with Crippen molar-refractivity contribution >= 4 is 17.5 Å². The van der Waals surface area contributed by atoms with Crippen molar-refractivity contribution in [3.63, 3.8) is 0 Å². The van der Waals surface area contributed by atoms with Crippen LogP contribution in [0.3, 0.4) is 0 Å². The van der Waals surface area contributed by atoms with Gasteiger partial charge in [0.1, 0.15) is 6.10 Å². The SMILES string of the molecule is C[C@@H]1C[C@@H]1[C@@H](NC(=O)[C@H]1CNCCO1)c1ccc(Cl)cc1. The largest absolute Gasteiger partial charge is 0.366 e. The smallest absolute Gasteiger partial charge is 0.250 e. The topological polar surface area (TPSA) is 50.4 Å². The average molecular weight is 309 g/mol. The summed E-state index contributed by atoms with van der Waals surface area (Å²) in [5.41, 5.74) is 1.12. The van der Waals surface area contributed by atoms with Gasteiger partial charge in [-0.05, 0) is 36.0 Å². The number of halogens is 1. The second-order valence-electron chi connectivity index (χ2n) is 5.98. The normalized spacial score (nSPS) is 29.7. The van der Waals surface area contributed by atoms with Gasteiger partial charge in [0.15, 0.2) is 0 Å². The highest BCUT2D eigenvalue weighted by Crippen LogP contribution is 2.47. The summed E-state index contributed by atoms with van der Waals surface area (Å²) in [5.74, 6) is 1.13. The molecular weight excluding hydrogens is 288 g/mol. The monoisotopic (exact) mass is 308 g/mol. The van der Waals surface area contributed by atoms with Crippen LogP contribution in [-0.2, 0) is 9.53 Å². The number of carbonyl (C=O) groups excluding carboxylic acids is 1. The maximum Gasteiger partial charge on any atom is 0.250 e. The van der Waals surface area contributed by atoms with E-state index in [-0.39, 0.29) is 18.1 Å². The van der Waals surface area contributed by atoms with Crippen LogP contribution in [0.5, 0.6) is 0 Å². The first-order valence-corrected chi connectivity index (χ1v) is 7.91. The van der Waals surface area contributed by atoms with Crippen LogP contribution in [0.4, 0.5) is 0 Å². The van der Waals surface area contributed by atoms with Crippen molar-refractivity contribution in [2.24, 2.45) is 11.8 Å². The predicted octanol–water partition coefficient (Wildman–Crippen LogP) is 2.14. The van der Waals surface area contributed by atoms with Gasteiger partial charge in [0, 0.05) is 18.1 Å². The molecule has 0 spiro atoms. The number of nitrogens with one attached hydrogen (secondary N) is 2. The van der Waals surface area contributed by atoms with Gasteiger partial charge in [-0.3, -0.25) is 4.79 Å². The predicted molar refractivity (Wildman–Crippen MR) is 82.2 cm³/mol. The van der Waals surface area contributed by atoms with Crippen LogP contribution in [0, 0.1) is 11.8 Å². The molecule has 0 radical (unpaired) electrons. The molecule has 1 saturated carbocycles. The van der Waals surface area contributed by atoms with Crippen LogP contribution < -0.4 is 10.6 Å². The second-order valence-corrected chi connectivity index (χ2v) is 6.41. The zero-order chi connectivity index (χ0) is 14.8. The number of hydrogen-bond donors (Lipinski definition) is 2. The van der Waals surface area contributed by atoms with Gasteiger partial charge < -0.3 is 15.4 Å². The van der Waals surface area contributed by atoms with E-state index in [9.17, 15) is 4.79 Å². The van der Waals surface area contributed by atoms with E-state index in [2.05, 4.69) is 17.6 Å². The molecule has 1 aliphatic heterocycles. The summed E-state index contributed by atoms with van der Waals surface area (Å²) in [6.45, 7) is 4.20. The molecular formula is C16H21ClN2O2. The molecule has 1 heterocycles. The van der Waals surface area contributed by atoms with E-state index in [1.54, 1.807) is 0 Å². The molecule has 5 heteroatoms. The van der Waals surface area contributed by atoms with E-state index < -0.39 is 0 Å². The standard InChI is InChI=1S/C16H21ClN2O2/c1-10-8-13(10)15(11-2-4-12(17)5-3-11)19-16(20)14-9-18-6-7-21-14/h2-5,10,13-15,18H,6-9H2,1H3,(H,19,20)/t10-,13+,14-,15+/m1/s1. The van der Waals surface area contributed by atoms with E-state index in [0.29, 0.717) is 30.0 Å². The molecule has 2 aliphatic rings. The Labute approximate surface area is 130 Å². The lowest BCUT2D eigenvalue weighted by atomic mass is 10.0. The average Bonchev–Trinajstić information content (AvgIpc) is 3.23. The van der Waals surface area contributed by atoms with Gasteiger partial charge in [0.2, 0.25) is 0 Å². The minimum absolute atomic E-state index is 0.0266. The van der Waals surface area contributed by atoms with Gasteiger partial charge in [-0.2, -0.15) is 0 Å². The van der Waals surface area contributed by atoms with Gasteiger partial charge in [-0.1, -0.05) is 30.7 Å². The van der Waals surface area contributed by atoms with Crippen molar-refractivity contribution < 1.29 is 9.53 Å². The molecule has 1 aromatic carbocycles. The molecule has 1 aromatic rings. The number of benzene rings is 1. The molecule has 2 N–H and O–H groups in total. The summed E-state index contributed by atoms with van der Waals surface area (Å²) >= 11 is 5.95. The fourth-order valence-corrected chi connectivity index (χ4v) is 3.03. The summed E-state index contributed by atoms with van der Waals surface area (Å²) in [6, 6.07) is 7.80. The molecule has 4 nitrogen and oxygen atoms in total. The van der Waals surface area contributed by atoms with E-state index >= 15 is 0 Å². The summed E-state index contributed by atoms with van der Waals surface area (Å²) in [6.07, 6.45) is 0.764.